The molecule has 152 valence electrons. The molecular formula is C22H21N5O2S. The smallest absolute Gasteiger partial charge is 0.248 e. The number of hydrogen-bond donors (Lipinski definition) is 2. The van der Waals surface area contributed by atoms with Crippen LogP contribution in [-0.4, -0.2) is 27.0 Å². The summed E-state index contributed by atoms with van der Waals surface area (Å²) in [6.07, 6.45) is 5.46. The maximum atomic E-state index is 12.7. The van der Waals surface area contributed by atoms with Gasteiger partial charge in [0.05, 0.1) is 11.6 Å². The van der Waals surface area contributed by atoms with Gasteiger partial charge < -0.3 is 10.6 Å². The lowest BCUT2D eigenvalue weighted by Gasteiger charge is -2.12. The number of carbonyl (C=O) groups excluding carboxylic acids is 2. The topological polar surface area (TPSA) is 96.9 Å². The molecule has 3 aromatic rings. The fraction of sp³-hybridized carbons (Fsp3) is 0.227. The highest BCUT2D eigenvalue weighted by Gasteiger charge is 2.26. The van der Waals surface area contributed by atoms with Gasteiger partial charge in [-0.05, 0) is 55.5 Å². The van der Waals surface area contributed by atoms with Crippen molar-refractivity contribution in [2.24, 2.45) is 0 Å². The number of amides is 2. The Kier molecular flexibility index (Phi) is 5.67. The Morgan fingerprint density at radius 1 is 1.20 bits per heavy atom. The molecule has 0 saturated heterocycles. The third-order valence-electron chi connectivity index (χ3n) is 4.91. The molecule has 1 aliphatic carbocycles. The summed E-state index contributed by atoms with van der Waals surface area (Å²) in [5, 5.41) is 14.3. The van der Waals surface area contributed by atoms with Gasteiger partial charge in [0, 0.05) is 16.6 Å². The van der Waals surface area contributed by atoms with Crippen LogP contribution >= 0.6 is 11.3 Å². The summed E-state index contributed by atoms with van der Waals surface area (Å²) in [5.41, 5.74) is 2.36. The molecule has 30 heavy (non-hydrogen) atoms. The minimum atomic E-state index is -0.350. The Balaban J connectivity index is 1.45. The Bertz CT molecular complexity index is 1090. The molecule has 1 aliphatic rings. The molecule has 1 aromatic carbocycles. The standard InChI is InChI=1S/C22H21N5O2S/c1-3-20(28)24-19-10-9-17(26-27-19)16-6-4-5-15(11-16)13(2)21(29)25-22-23-12-18(30-22)14-7-8-14/h3-6,9-14H,1,7-8H2,2H3,(H,23,25,29)(H,24,27,28)/t13-/m0/s1. The molecule has 0 radical (unpaired) electrons. The highest BCUT2D eigenvalue weighted by atomic mass is 32.1. The van der Waals surface area contributed by atoms with E-state index in [1.54, 1.807) is 23.5 Å². The Hall–Kier alpha value is -3.39. The summed E-state index contributed by atoms with van der Waals surface area (Å²) >= 11 is 1.55. The number of nitrogens with zero attached hydrogens (tertiary/aromatic N) is 3. The van der Waals surface area contributed by atoms with E-state index in [2.05, 4.69) is 32.4 Å². The zero-order valence-electron chi connectivity index (χ0n) is 16.5. The zero-order chi connectivity index (χ0) is 21.1. The van der Waals surface area contributed by atoms with E-state index in [-0.39, 0.29) is 17.7 Å². The Morgan fingerprint density at radius 3 is 2.73 bits per heavy atom. The zero-order valence-corrected chi connectivity index (χ0v) is 17.3. The van der Waals surface area contributed by atoms with Gasteiger partial charge in [0.25, 0.3) is 0 Å². The maximum Gasteiger partial charge on any atom is 0.248 e. The van der Waals surface area contributed by atoms with Crippen LogP contribution in [0.1, 0.15) is 42.0 Å². The molecule has 0 bridgehead atoms. The van der Waals surface area contributed by atoms with Crippen molar-refractivity contribution in [2.45, 2.75) is 31.6 Å². The first-order valence-corrected chi connectivity index (χ1v) is 10.5. The van der Waals surface area contributed by atoms with Crippen LogP contribution < -0.4 is 10.6 Å². The number of aromatic nitrogens is 3. The predicted octanol–water partition coefficient (Wildman–Crippen LogP) is 4.34. The van der Waals surface area contributed by atoms with Gasteiger partial charge in [0.2, 0.25) is 11.8 Å². The van der Waals surface area contributed by atoms with Crippen molar-refractivity contribution in [1.29, 1.82) is 0 Å². The summed E-state index contributed by atoms with van der Waals surface area (Å²) in [7, 11) is 0. The highest BCUT2D eigenvalue weighted by Crippen LogP contribution is 2.43. The quantitative estimate of drug-likeness (QED) is 0.555. The molecule has 8 heteroatoms. The first-order chi connectivity index (χ1) is 14.5. The lowest BCUT2D eigenvalue weighted by atomic mass is 9.97. The van der Waals surface area contributed by atoms with Gasteiger partial charge in [0.15, 0.2) is 10.9 Å². The van der Waals surface area contributed by atoms with Crippen LogP contribution in [0.15, 0.2) is 55.3 Å². The van der Waals surface area contributed by atoms with Crippen molar-refractivity contribution in [3.63, 3.8) is 0 Å². The molecule has 2 aromatic heterocycles. The van der Waals surface area contributed by atoms with Crippen LogP contribution in [-0.2, 0) is 9.59 Å². The summed E-state index contributed by atoms with van der Waals surface area (Å²) < 4.78 is 0. The number of nitrogens with one attached hydrogen (secondary N) is 2. The molecule has 0 unspecified atom stereocenters. The van der Waals surface area contributed by atoms with Gasteiger partial charge in [-0.3, -0.25) is 9.59 Å². The maximum absolute atomic E-state index is 12.7. The molecule has 0 spiro atoms. The number of hydrogen-bond acceptors (Lipinski definition) is 6. The largest absolute Gasteiger partial charge is 0.306 e. The summed E-state index contributed by atoms with van der Waals surface area (Å²) in [4.78, 5) is 29.6. The molecule has 2 heterocycles. The van der Waals surface area contributed by atoms with E-state index < -0.39 is 0 Å². The second kappa shape index (κ2) is 8.54. The first-order valence-electron chi connectivity index (χ1n) is 9.67. The number of carbonyl (C=O) groups is 2. The van der Waals surface area contributed by atoms with Crippen LogP contribution in [0, 0.1) is 0 Å². The number of thiazole rings is 1. The Labute approximate surface area is 178 Å². The van der Waals surface area contributed by atoms with E-state index in [0.717, 1.165) is 11.1 Å². The minimum Gasteiger partial charge on any atom is -0.306 e. The lowest BCUT2D eigenvalue weighted by Crippen LogP contribution is -2.18. The number of rotatable bonds is 7. The lowest BCUT2D eigenvalue weighted by molar-refractivity contribution is -0.117. The summed E-state index contributed by atoms with van der Waals surface area (Å²) in [6.45, 7) is 5.27. The summed E-state index contributed by atoms with van der Waals surface area (Å²) in [5.74, 6) is 0.180. The van der Waals surface area contributed by atoms with Gasteiger partial charge in [-0.25, -0.2) is 4.98 Å². The number of benzene rings is 1. The van der Waals surface area contributed by atoms with Crippen LogP contribution in [0.2, 0.25) is 0 Å². The van der Waals surface area contributed by atoms with Gasteiger partial charge in [-0.2, -0.15) is 0 Å². The molecule has 2 amide bonds. The van der Waals surface area contributed by atoms with Crippen LogP contribution in [0.5, 0.6) is 0 Å². The average molecular weight is 420 g/mol. The molecule has 4 rings (SSSR count). The predicted molar refractivity (Wildman–Crippen MR) is 117 cm³/mol. The van der Waals surface area contributed by atoms with Crippen molar-refractivity contribution in [1.82, 2.24) is 15.2 Å². The molecular weight excluding hydrogens is 398 g/mol. The van der Waals surface area contributed by atoms with Gasteiger partial charge in [-0.1, -0.05) is 24.8 Å². The molecule has 2 N–H and O–H groups in total. The minimum absolute atomic E-state index is 0.0996. The number of anilines is 2. The van der Waals surface area contributed by atoms with E-state index in [0.29, 0.717) is 22.6 Å². The van der Waals surface area contributed by atoms with Crippen LogP contribution in [0.25, 0.3) is 11.3 Å². The second-order valence-electron chi connectivity index (χ2n) is 7.18. The molecule has 1 atom stereocenters. The fourth-order valence-electron chi connectivity index (χ4n) is 2.96. The van der Waals surface area contributed by atoms with E-state index in [1.807, 2.05) is 37.4 Å². The van der Waals surface area contributed by atoms with Crippen molar-refractivity contribution >= 4 is 34.1 Å². The van der Waals surface area contributed by atoms with Crippen molar-refractivity contribution < 1.29 is 9.59 Å². The van der Waals surface area contributed by atoms with Gasteiger partial charge in [-0.15, -0.1) is 21.5 Å². The summed E-state index contributed by atoms with van der Waals surface area (Å²) in [6, 6.07) is 11.1. The third-order valence-corrected chi connectivity index (χ3v) is 5.99. The SMILES string of the molecule is C=CC(=O)Nc1ccc(-c2cccc([C@H](C)C(=O)Nc3ncc(C4CC4)s3)c2)nn1. The fourth-order valence-corrected chi connectivity index (χ4v) is 3.95. The second-order valence-corrected chi connectivity index (χ2v) is 8.24. The van der Waals surface area contributed by atoms with Crippen LogP contribution in [0.3, 0.4) is 0 Å². The molecule has 7 nitrogen and oxygen atoms in total. The molecule has 0 aliphatic heterocycles. The van der Waals surface area contributed by atoms with Crippen LogP contribution in [0.4, 0.5) is 10.9 Å². The van der Waals surface area contributed by atoms with E-state index in [4.69, 9.17) is 0 Å². The van der Waals surface area contributed by atoms with E-state index in [1.165, 1.54) is 23.8 Å². The highest BCUT2D eigenvalue weighted by molar-refractivity contribution is 7.15. The monoisotopic (exact) mass is 419 g/mol. The van der Waals surface area contributed by atoms with Crippen molar-refractivity contribution in [3.8, 4) is 11.3 Å². The molecule has 1 saturated carbocycles. The average Bonchev–Trinajstić information content (AvgIpc) is 3.52. The Morgan fingerprint density at radius 2 is 2.03 bits per heavy atom. The van der Waals surface area contributed by atoms with Crippen molar-refractivity contribution in [2.75, 3.05) is 10.6 Å². The normalized spacial score (nSPS) is 14.0. The van der Waals surface area contributed by atoms with E-state index in [9.17, 15) is 9.59 Å². The first kappa shape index (κ1) is 19.9. The van der Waals surface area contributed by atoms with E-state index >= 15 is 0 Å². The van der Waals surface area contributed by atoms with Crippen molar-refractivity contribution in [3.05, 3.63) is 65.7 Å². The van der Waals surface area contributed by atoms with Gasteiger partial charge >= 0.3 is 0 Å². The van der Waals surface area contributed by atoms with Gasteiger partial charge in [0.1, 0.15) is 0 Å². The molecule has 1 fully saturated rings. The third kappa shape index (κ3) is 4.60.